The fraction of sp³-hybridized carbons (Fsp3) is 0.810. The molecule has 6 heteroatoms. The molecule has 0 heterocycles. The van der Waals surface area contributed by atoms with Crippen LogP contribution in [0.4, 0.5) is 0 Å². The van der Waals surface area contributed by atoms with Crippen LogP contribution in [0.3, 0.4) is 0 Å². The zero-order valence-corrected chi connectivity index (χ0v) is 29.9. The predicted molar refractivity (Wildman–Crippen MR) is 183 cm³/mol. The van der Waals surface area contributed by atoms with Crippen LogP contribution in [0.2, 0.25) is 0 Å². The summed E-state index contributed by atoms with van der Waals surface area (Å²) >= 11 is 0. The Morgan fingerprint density at radius 2 is 1.19 bits per heavy atom. The molecule has 0 aromatic rings. The van der Waals surface area contributed by atoms with Gasteiger partial charge < -0.3 is 10.2 Å². The number of fused-ring (bicyclic) bond motifs is 10. The predicted octanol–water partition coefficient (Wildman–Crippen LogP) is 7.43. The summed E-state index contributed by atoms with van der Waals surface area (Å²) in [6.45, 7) is 7.75. The van der Waals surface area contributed by atoms with Crippen molar-refractivity contribution in [3.05, 3.63) is 23.3 Å². The normalized spacial score (nSPS) is 51.0. The minimum Gasteiger partial charge on any atom is -0.382 e. The van der Waals surface area contributed by atoms with Gasteiger partial charge >= 0.3 is 0 Å². The molecule has 8 aliphatic rings. The van der Waals surface area contributed by atoms with Gasteiger partial charge in [-0.05, 0) is 175 Å². The first-order valence-corrected chi connectivity index (χ1v) is 19.6. The van der Waals surface area contributed by atoms with E-state index in [0.29, 0.717) is 49.4 Å². The number of rotatable bonds is 5. The van der Waals surface area contributed by atoms with Gasteiger partial charge in [0.25, 0.3) is 0 Å². The highest BCUT2D eigenvalue weighted by Crippen LogP contribution is 2.72. The Morgan fingerprint density at radius 1 is 0.625 bits per heavy atom. The van der Waals surface area contributed by atoms with Crippen LogP contribution in [0.5, 0.6) is 0 Å². The summed E-state index contributed by atoms with van der Waals surface area (Å²) in [6.07, 6.45) is 18.9. The Hall–Kier alpha value is -1.92. The van der Waals surface area contributed by atoms with Crippen molar-refractivity contribution in [2.45, 2.75) is 154 Å². The molecule has 48 heavy (non-hydrogen) atoms. The summed E-state index contributed by atoms with van der Waals surface area (Å²) in [4.78, 5) is 51.8. The first-order chi connectivity index (χ1) is 22.7. The molecule has 12 atom stereocenters. The molecule has 0 aliphatic heterocycles. The van der Waals surface area contributed by atoms with E-state index < -0.39 is 22.0 Å². The van der Waals surface area contributed by atoms with E-state index in [1.165, 1.54) is 11.1 Å². The van der Waals surface area contributed by atoms with E-state index in [0.717, 1.165) is 89.9 Å². The van der Waals surface area contributed by atoms with Gasteiger partial charge in [-0.1, -0.05) is 25.0 Å². The largest absolute Gasteiger partial charge is 0.382 e. The fourth-order valence-electron chi connectivity index (χ4n) is 15.3. The van der Waals surface area contributed by atoms with Gasteiger partial charge in [0.2, 0.25) is 0 Å². The van der Waals surface area contributed by atoms with Crippen molar-refractivity contribution in [1.82, 2.24) is 0 Å². The first-order valence-electron chi connectivity index (χ1n) is 19.6. The van der Waals surface area contributed by atoms with Crippen LogP contribution in [0.15, 0.2) is 23.3 Å². The third-order valence-corrected chi connectivity index (χ3v) is 17.8. The van der Waals surface area contributed by atoms with E-state index in [1.807, 2.05) is 12.2 Å². The molecule has 262 valence electrons. The number of allylic oxidation sites excluding steroid dienone is 2. The lowest BCUT2D eigenvalue weighted by molar-refractivity contribution is -0.171. The number of carbonyl (C=O) groups excluding carboxylic acids is 4. The van der Waals surface area contributed by atoms with Gasteiger partial charge in [-0.3, -0.25) is 19.2 Å². The first kappa shape index (κ1) is 33.2. The fourth-order valence-corrected chi connectivity index (χ4v) is 15.3. The van der Waals surface area contributed by atoms with Gasteiger partial charge in [0, 0.05) is 23.7 Å². The summed E-state index contributed by atoms with van der Waals surface area (Å²) in [5, 5.41) is 24.3. The van der Waals surface area contributed by atoms with Gasteiger partial charge in [0.1, 0.15) is 11.2 Å². The molecule has 0 amide bonds. The van der Waals surface area contributed by atoms with Crippen LogP contribution in [0.1, 0.15) is 143 Å². The van der Waals surface area contributed by atoms with E-state index in [1.54, 1.807) is 13.8 Å². The van der Waals surface area contributed by atoms with Gasteiger partial charge in [0.15, 0.2) is 23.1 Å². The monoisotopic (exact) mass is 658 g/mol. The number of carbonyl (C=O) groups is 4. The lowest BCUT2D eigenvalue weighted by atomic mass is 9.42. The molecule has 0 saturated heterocycles. The van der Waals surface area contributed by atoms with E-state index in [-0.39, 0.29) is 45.8 Å². The Bertz CT molecular complexity index is 1520. The molecule has 0 aromatic carbocycles. The van der Waals surface area contributed by atoms with Crippen LogP contribution in [0.25, 0.3) is 0 Å². The van der Waals surface area contributed by atoms with Crippen molar-refractivity contribution in [3.8, 4) is 0 Å². The zero-order chi connectivity index (χ0) is 34.1. The average molecular weight is 659 g/mol. The summed E-state index contributed by atoms with van der Waals surface area (Å²) < 4.78 is 0. The molecule has 8 rings (SSSR count). The lowest BCUT2D eigenvalue weighted by Gasteiger charge is -2.62. The second-order valence-corrected chi connectivity index (χ2v) is 18.7. The number of hydrogen-bond donors (Lipinski definition) is 2. The van der Waals surface area contributed by atoms with Crippen molar-refractivity contribution in [2.24, 2.45) is 57.2 Å². The Labute approximate surface area is 287 Å². The number of aliphatic hydroxyl groups is 2. The van der Waals surface area contributed by atoms with Crippen molar-refractivity contribution in [3.63, 3.8) is 0 Å². The van der Waals surface area contributed by atoms with Crippen LogP contribution in [0, 0.1) is 57.2 Å². The molecule has 6 fully saturated rings. The van der Waals surface area contributed by atoms with Crippen LogP contribution >= 0.6 is 0 Å². The maximum absolute atomic E-state index is 13.6. The second kappa shape index (κ2) is 10.8. The molecule has 6 saturated carbocycles. The number of Topliss-reactive ketones (excluding diaryl/α,β-unsaturated/α-hetero) is 2. The molecule has 0 unspecified atom stereocenters. The SMILES string of the molecule is CC(=O)[C@@]1(O)CC[C@H]2[C@@H]3CCC4=CC(=O)CC[C@]4(C)[C@H]3CC[C@@]21CC[C@]12CCC(=O)C=C1CC[C@@H]1[C@@H]2CC[C@@]2(C)[C@H]1CC[C@]2(O)C(C)=O. The summed E-state index contributed by atoms with van der Waals surface area (Å²) in [5.74, 6) is 2.61. The highest BCUT2D eigenvalue weighted by atomic mass is 16.3. The summed E-state index contributed by atoms with van der Waals surface area (Å²) in [5.41, 5.74) is -0.911. The van der Waals surface area contributed by atoms with E-state index >= 15 is 0 Å². The molecule has 8 aliphatic carbocycles. The molecule has 2 N–H and O–H groups in total. The molecule has 6 nitrogen and oxygen atoms in total. The maximum atomic E-state index is 13.6. The Morgan fingerprint density at radius 3 is 1.90 bits per heavy atom. The molecule has 0 radical (unpaired) electrons. The van der Waals surface area contributed by atoms with E-state index in [4.69, 9.17) is 0 Å². The lowest BCUT2D eigenvalue weighted by Crippen LogP contribution is -2.60. The number of ketones is 4. The van der Waals surface area contributed by atoms with Crippen molar-refractivity contribution in [2.75, 3.05) is 0 Å². The van der Waals surface area contributed by atoms with Gasteiger partial charge in [-0.25, -0.2) is 0 Å². The van der Waals surface area contributed by atoms with Crippen LogP contribution in [-0.2, 0) is 19.2 Å². The van der Waals surface area contributed by atoms with Crippen molar-refractivity contribution < 1.29 is 29.4 Å². The Kier molecular flexibility index (Phi) is 7.47. The van der Waals surface area contributed by atoms with Crippen molar-refractivity contribution >= 4 is 23.1 Å². The maximum Gasteiger partial charge on any atom is 0.161 e. The van der Waals surface area contributed by atoms with E-state index in [9.17, 15) is 29.4 Å². The molecule has 0 bridgehead atoms. The van der Waals surface area contributed by atoms with Gasteiger partial charge in [-0.2, -0.15) is 0 Å². The topological polar surface area (TPSA) is 109 Å². The zero-order valence-electron chi connectivity index (χ0n) is 29.9. The molecule has 0 aromatic heterocycles. The molecular formula is C42H58O6. The standard InChI is InChI=1S/C42H58O6/c1-25(43)41(47)19-13-34-32-8-6-28-24-30(46)10-17-39(28,35(32)11-16-38(34,41)4)21-22-40-18-12-33-31(36(40)14-20-42(40,48)26(2)44)7-5-27-23-29(45)9-15-37(27,33)3/h23-24,31-36,47-48H,5-22H2,1-4H3/t31-,32+,33+,34+,35+,36+,37+,38+,39-,40-,41+,42+/m1/s1. The van der Waals surface area contributed by atoms with Gasteiger partial charge in [-0.15, -0.1) is 0 Å². The minimum absolute atomic E-state index is 0.0344. The van der Waals surface area contributed by atoms with Crippen molar-refractivity contribution in [1.29, 1.82) is 0 Å². The van der Waals surface area contributed by atoms with E-state index in [2.05, 4.69) is 13.8 Å². The average Bonchev–Trinajstić information content (AvgIpc) is 3.52. The summed E-state index contributed by atoms with van der Waals surface area (Å²) in [6, 6.07) is 0. The molecule has 0 spiro atoms. The third-order valence-electron chi connectivity index (χ3n) is 17.8. The second-order valence-electron chi connectivity index (χ2n) is 18.7. The Balaban J connectivity index is 1.15. The smallest absolute Gasteiger partial charge is 0.161 e. The minimum atomic E-state index is -1.32. The van der Waals surface area contributed by atoms with Gasteiger partial charge in [0.05, 0.1) is 0 Å². The molecular weight excluding hydrogens is 600 g/mol. The third kappa shape index (κ3) is 4.11. The quantitative estimate of drug-likeness (QED) is 0.318. The van der Waals surface area contributed by atoms with Crippen LogP contribution < -0.4 is 0 Å². The number of hydrogen-bond acceptors (Lipinski definition) is 6. The highest BCUT2D eigenvalue weighted by Gasteiger charge is 2.69. The highest BCUT2D eigenvalue weighted by molar-refractivity contribution is 5.92. The summed E-state index contributed by atoms with van der Waals surface area (Å²) in [7, 11) is 0. The van der Waals surface area contributed by atoms with Crippen LogP contribution in [-0.4, -0.2) is 44.5 Å².